The molecule has 9 heteroatoms. The van der Waals surface area contributed by atoms with Crippen molar-refractivity contribution >= 4 is 47.2 Å². The molecule has 2 rings (SSSR count). The average Bonchev–Trinajstić information content (AvgIpc) is 2.75. The molecule has 0 atom stereocenters. The van der Waals surface area contributed by atoms with Gasteiger partial charge in [0.15, 0.2) is 5.96 Å². The van der Waals surface area contributed by atoms with Gasteiger partial charge in [-0.3, -0.25) is 9.89 Å². The molecule has 1 aromatic carbocycles. The summed E-state index contributed by atoms with van der Waals surface area (Å²) in [6.07, 6.45) is 2.04. The van der Waals surface area contributed by atoms with E-state index in [9.17, 15) is 0 Å². The number of nitrogens with one attached hydrogen (secondary N) is 2. The predicted octanol–water partition coefficient (Wildman–Crippen LogP) is 2.69. The van der Waals surface area contributed by atoms with Crippen molar-refractivity contribution in [2.45, 2.75) is 12.8 Å². The molecule has 30 heavy (non-hydrogen) atoms. The third-order valence-corrected chi connectivity index (χ3v) is 5.14. The average molecular weight is 554 g/mol. The SMILES string of the molecule is CN=C(NCCCOCCOC)NCCCN1CCN(c2cccc(Cl)c2)CC1.I. The number of halogens is 2. The Balaban J connectivity index is 0.00000450. The van der Waals surface area contributed by atoms with E-state index in [1.54, 1.807) is 14.2 Å². The number of guanidine groups is 1. The zero-order chi connectivity index (χ0) is 20.7. The fourth-order valence-electron chi connectivity index (χ4n) is 3.26. The first-order chi connectivity index (χ1) is 14.2. The summed E-state index contributed by atoms with van der Waals surface area (Å²) in [4.78, 5) is 9.20. The summed E-state index contributed by atoms with van der Waals surface area (Å²) in [6.45, 7) is 9.15. The van der Waals surface area contributed by atoms with Crippen molar-refractivity contribution in [2.24, 2.45) is 4.99 Å². The topological polar surface area (TPSA) is 61.4 Å². The molecule has 0 unspecified atom stereocenters. The van der Waals surface area contributed by atoms with Gasteiger partial charge in [-0.05, 0) is 37.6 Å². The molecule has 0 bridgehead atoms. The van der Waals surface area contributed by atoms with Crippen LogP contribution in [0.5, 0.6) is 0 Å². The van der Waals surface area contributed by atoms with Crippen LogP contribution in [0, 0.1) is 0 Å². The summed E-state index contributed by atoms with van der Waals surface area (Å²) in [5, 5.41) is 7.51. The molecule has 0 aromatic heterocycles. The lowest BCUT2D eigenvalue weighted by Gasteiger charge is -2.36. The molecule has 0 amide bonds. The predicted molar refractivity (Wildman–Crippen MR) is 137 cm³/mol. The molecule has 0 spiro atoms. The number of hydrogen-bond donors (Lipinski definition) is 2. The van der Waals surface area contributed by atoms with Crippen LogP contribution in [0.4, 0.5) is 5.69 Å². The van der Waals surface area contributed by atoms with E-state index in [1.807, 2.05) is 18.2 Å². The van der Waals surface area contributed by atoms with Crippen LogP contribution in [0.3, 0.4) is 0 Å². The Hall–Kier alpha value is -0.810. The molecule has 1 saturated heterocycles. The molecule has 1 aromatic rings. The second-order valence-corrected chi connectivity index (χ2v) is 7.48. The smallest absolute Gasteiger partial charge is 0.190 e. The highest BCUT2D eigenvalue weighted by Gasteiger charge is 2.16. The third kappa shape index (κ3) is 11.0. The highest BCUT2D eigenvalue weighted by Crippen LogP contribution is 2.20. The van der Waals surface area contributed by atoms with Crippen molar-refractivity contribution in [2.75, 3.05) is 84.7 Å². The maximum atomic E-state index is 6.11. The van der Waals surface area contributed by atoms with Gasteiger partial charge in [-0.2, -0.15) is 0 Å². The maximum absolute atomic E-state index is 6.11. The summed E-state index contributed by atoms with van der Waals surface area (Å²) in [5.41, 5.74) is 1.22. The van der Waals surface area contributed by atoms with Crippen LogP contribution in [0.15, 0.2) is 29.3 Å². The van der Waals surface area contributed by atoms with Crippen LogP contribution in [0.1, 0.15) is 12.8 Å². The highest BCUT2D eigenvalue weighted by atomic mass is 127. The van der Waals surface area contributed by atoms with E-state index in [0.29, 0.717) is 13.2 Å². The van der Waals surface area contributed by atoms with Crippen molar-refractivity contribution in [3.8, 4) is 0 Å². The first-order valence-electron chi connectivity index (χ1n) is 10.5. The Morgan fingerprint density at radius 1 is 1.07 bits per heavy atom. The molecule has 2 N–H and O–H groups in total. The fourth-order valence-corrected chi connectivity index (χ4v) is 3.44. The normalized spacial score (nSPS) is 15.0. The molecule has 1 aliphatic heterocycles. The molecule has 172 valence electrons. The second kappa shape index (κ2) is 16.8. The van der Waals surface area contributed by atoms with Crippen molar-refractivity contribution in [1.29, 1.82) is 0 Å². The summed E-state index contributed by atoms with van der Waals surface area (Å²) >= 11 is 6.11. The van der Waals surface area contributed by atoms with Gasteiger partial charge in [0.05, 0.1) is 13.2 Å². The van der Waals surface area contributed by atoms with E-state index in [0.717, 1.165) is 76.2 Å². The molecule has 7 nitrogen and oxygen atoms in total. The molecule has 1 aliphatic rings. The van der Waals surface area contributed by atoms with Crippen LogP contribution in [-0.4, -0.2) is 90.7 Å². The monoisotopic (exact) mass is 553 g/mol. The number of rotatable bonds is 12. The summed E-state index contributed by atoms with van der Waals surface area (Å²) in [5.74, 6) is 0.854. The van der Waals surface area contributed by atoms with E-state index in [-0.39, 0.29) is 24.0 Å². The Bertz CT molecular complexity index is 601. The number of hydrogen-bond acceptors (Lipinski definition) is 5. The Labute approximate surface area is 203 Å². The molecule has 0 aliphatic carbocycles. The van der Waals surface area contributed by atoms with Gasteiger partial charge in [0, 0.05) is 70.7 Å². The molecular formula is C21H37ClIN5O2. The lowest BCUT2D eigenvalue weighted by atomic mass is 10.2. The van der Waals surface area contributed by atoms with Gasteiger partial charge in [-0.1, -0.05) is 17.7 Å². The van der Waals surface area contributed by atoms with Crippen LogP contribution in [-0.2, 0) is 9.47 Å². The third-order valence-electron chi connectivity index (χ3n) is 4.90. The second-order valence-electron chi connectivity index (χ2n) is 7.05. The minimum absolute atomic E-state index is 0. The molecule has 1 fully saturated rings. The zero-order valence-electron chi connectivity index (χ0n) is 18.2. The van der Waals surface area contributed by atoms with Crippen molar-refractivity contribution in [1.82, 2.24) is 15.5 Å². The molecular weight excluding hydrogens is 517 g/mol. The Kier molecular flexibility index (Phi) is 15.3. The first-order valence-corrected chi connectivity index (χ1v) is 10.8. The van der Waals surface area contributed by atoms with Crippen molar-refractivity contribution < 1.29 is 9.47 Å². The molecule has 1 heterocycles. The number of aliphatic imine (C=N–C) groups is 1. The Morgan fingerprint density at radius 2 is 1.80 bits per heavy atom. The van der Waals surface area contributed by atoms with Gasteiger partial charge >= 0.3 is 0 Å². The minimum Gasteiger partial charge on any atom is -0.382 e. The standard InChI is InChI=1S/C21H36ClN5O2.HI/c1-23-21(25-9-5-15-29-17-16-28-2)24-8-4-10-26-11-13-27(14-12-26)20-7-3-6-19(22)18-20;/h3,6-7,18H,4-5,8-17H2,1-2H3,(H2,23,24,25);1H. The molecule has 0 saturated carbocycles. The lowest BCUT2D eigenvalue weighted by Crippen LogP contribution is -2.47. The van der Waals surface area contributed by atoms with Crippen LogP contribution >= 0.6 is 35.6 Å². The number of anilines is 1. The van der Waals surface area contributed by atoms with Crippen molar-refractivity contribution in [3.63, 3.8) is 0 Å². The van der Waals surface area contributed by atoms with Gasteiger partial charge in [0.1, 0.15) is 0 Å². The summed E-state index contributed by atoms with van der Waals surface area (Å²) < 4.78 is 10.4. The number of methoxy groups -OCH3 is 1. The van der Waals surface area contributed by atoms with Crippen molar-refractivity contribution in [3.05, 3.63) is 29.3 Å². The maximum Gasteiger partial charge on any atom is 0.190 e. The van der Waals surface area contributed by atoms with E-state index in [2.05, 4.69) is 31.5 Å². The van der Waals surface area contributed by atoms with Gasteiger partial charge in [-0.15, -0.1) is 24.0 Å². The Morgan fingerprint density at radius 3 is 2.47 bits per heavy atom. The highest BCUT2D eigenvalue weighted by molar-refractivity contribution is 14.0. The number of ether oxygens (including phenoxy) is 2. The first kappa shape index (κ1) is 27.2. The van der Waals surface area contributed by atoms with E-state index in [1.165, 1.54) is 5.69 Å². The van der Waals surface area contributed by atoms with E-state index in [4.69, 9.17) is 21.1 Å². The minimum atomic E-state index is 0. The van der Waals surface area contributed by atoms with Gasteiger partial charge in [0.2, 0.25) is 0 Å². The van der Waals surface area contributed by atoms with Crippen LogP contribution in [0.25, 0.3) is 0 Å². The van der Waals surface area contributed by atoms with Crippen LogP contribution in [0.2, 0.25) is 5.02 Å². The molecule has 0 radical (unpaired) electrons. The van der Waals surface area contributed by atoms with Gasteiger partial charge in [-0.25, -0.2) is 0 Å². The quantitative estimate of drug-likeness (QED) is 0.180. The number of benzene rings is 1. The zero-order valence-corrected chi connectivity index (χ0v) is 21.3. The fraction of sp³-hybridized carbons (Fsp3) is 0.667. The summed E-state index contributed by atoms with van der Waals surface area (Å²) in [7, 11) is 3.49. The number of piperazine rings is 1. The van der Waals surface area contributed by atoms with Gasteiger partial charge < -0.3 is 25.0 Å². The lowest BCUT2D eigenvalue weighted by molar-refractivity contribution is 0.0698. The van der Waals surface area contributed by atoms with Gasteiger partial charge in [0.25, 0.3) is 0 Å². The largest absolute Gasteiger partial charge is 0.382 e. The van der Waals surface area contributed by atoms with Crippen LogP contribution < -0.4 is 15.5 Å². The summed E-state index contributed by atoms with van der Waals surface area (Å²) in [6, 6.07) is 8.13. The number of nitrogens with zero attached hydrogens (tertiary/aromatic N) is 3. The van der Waals surface area contributed by atoms with E-state index < -0.39 is 0 Å². The van der Waals surface area contributed by atoms with E-state index >= 15 is 0 Å².